The summed E-state index contributed by atoms with van der Waals surface area (Å²) in [5.41, 5.74) is 0. The molecule has 0 aromatic carbocycles. The largest absolute Gasteiger partial charge is 0.394 e. The molecule has 0 radical (unpaired) electrons. The second kappa shape index (κ2) is 61.1. The smallest absolute Gasteiger partial charge is 0.249 e. The van der Waals surface area contributed by atoms with Crippen LogP contribution in [0.4, 0.5) is 0 Å². The summed E-state index contributed by atoms with van der Waals surface area (Å²) in [6.07, 6.45) is 79.3. The number of hydrogen-bond donors (Lipinski definition) is 5. The first-order chi connectivity index (χ1) is 36.0. The molecular formula is C67H127NO5. The van der Waals surface area contributed by atoms with Crippen LogP contribution in [0.2, 0.25) is 0 Å². The third-order valence-corrected chi connectivity index (χ3v) is 15.2. The summed E-state index contributed by atoms with van der Waals surface area (Å²) in [4.78, 5) is 12.6. The van der Waals surface area contributed by atoms with Gasteiger partial charge in [0, 0.05) is 0 Å². The van der Waals surface area contributed by atoms with Crippen molar-refractivity contribution in [3.8, 4) is 0 Å². The van der Waals surface area contributed by atoms with Gasteiger partial charge in [-0.1, -0.05) is 300 Å². The molecule has 6 nitrogen and oxygen atoms in total. The zero-order valence-electron chi connectivity index (χ0n) is 48.9. The first kappa shape index (κ1) is 71.3. The van der Waals surface area contributed by atoms with Crippen LogP contribution in [-0.4, -0.2) is 57.3 Å². The molecule has 0 saturated heterocycles. The first-order valence-corrected chi connectivity index (χ1v) is 32.5. The highest BCUT2D eigenvalue weighted by atomic mass is 16.3. The van der Waals surface area contributed by atoms with Crippen molar-refractivity contribution >= 4 is 5.91 Å². The Morgan fingerprint density at radius 3 is 0.863 bits per heavy atom. The molecule has 1 amide bonds. The topological polar surface area (TPSA) is 110 Å². The number of carbonyl (C=O) groups excluding carboxylic acids is 1. The van der Waals surface area contributed by atoms with Gasteiger partial charge in [-0.15, -0.1) is 0 Å². The van der Waals surface area contributed by atoms with Crippen molar-refractivity contribution in [2.75, 3.05) is 6.61 Å². The van der Waals surface area contributed by atoms with E-state index in [1.54, 1.807) is 0 Å². The van der Waals surface area contributed by atoms with Crippen LogP contribution in [0.15, 0.2) is 48.6 Å². The van der Waals surface area contributed by atoms with Crippen molar-refractivity contribution in [2.45, 2.75) is 366 Å². The number of aliphatic hydroxyl groups excluding tert-OH is 4. The van der Waals surface area contributed by atoms with Crippen molar-refractivity contribution in [2.24, 2.45) is 0 Å². The molecule has 0 bridgehead atoms. The van der Waals surface area contributed by atoms with Crippen LogP contribution in [0.25, 0.3) is 0 Å². The average molecular weight is 1030 g/mol. The van der Waals surface area contributed by atoms with Crippen LogP contribution in [0.3, 0.4) is 0 Å². The minimum atomic E-state index is -1.30. The Hall–Kier alpha value is -1.73. The van der Waals surface area contributed by atoms with E-state index >= 15 is 0 Å². The van der Waals surface area contributed by atoms with Crippen LogP contribution in [0, 0.1) is 0 Å². The van der Waals surface area contributed by atoms with Crippen molar-refractivity contribution in [1.82, 2.24) is 5.32 Å². The summed E-state index contributed by atoms with van der Waals surface area (Å²) in [5.74, 6) is -0.596. The molecule has 0 rings (SSSR count). The Bertz CT molecular complexity index is 1200. The van der Waals surface area contributed by atoms with Crippen LogP contribution >= 0.6 is 0 Å². The van der Waals surface area contributed by atoms with Crippen molar-refractivity contribution in [1.29, 1.82) is 0 Å². The molecule has 0 aliphatic rings. The predicted molar refractivity (Wildman–Crippen MR) is 320 cm³/mol. The van der Waals surface area contributed by atoms with E-state index in [0.29, 0.717) is 19.3 Å². The summed E-state index contributed by atoms with van der Waals surface area (Å²) in [6, 6.07) is -1.01. The zero-order chi connectivity index (χ0) is 53.0. The third-order valence-electron chi connectivity index (χ3n) is 15.2. The molecule has 4 unspecified atom stereocenters. The van der Waals surface area contributed by atoms with Gasteiger partial charge >= 0.3 is 0 Å². The summed E-state index contributed by atoms with van der Waals surface area (Å²) < 4.78 is 0. The van der Waals surface area contributed by atoms with Crippen LogP contribution in [0.5, 0.6) is 0 Å². The fourth-order valence-electron chi connectivity index (χ4n) is 10.1. The Kier molecular flexibility index (Phi) is 59.7. The molecule has 0 aromatic heterocycles. The van der Waals surface area contributed by atoms with E-state index in [9.17, 15) is 25.2 Å². The average Bonchev–Trinajstić information content (AvgIpc) is 3.40. The standard InChI is InChI=1S/C67H127NO5/c1-3-5-7-9-11-13-15-17-19-21-23-25-27-29-31-32-33-35-37-39-41-43-45-47-49-51-53-55-57-59-61-65(71)67(73)68-63(62-69)66(72)64(70)60-58-56-54-52-50-48-46-44-42-40-38-36-34-30-28-26-24-22-20-18-16-14-12-10-8-6-4-2/h29,31,36,38,44,46,52,54,63-66,69-72H,3-28,30,32-35,37,39-43,45,47-51,53,55-62H2,1-2H3,(H,68,73)/b31-29-,38-36+,46-44+,54-52+. The molecule has 0 heterocycles. The molecule has 0 aliphatic carbocycles. The van der Waals surface area contributed by atoms with Gasteiger partial charge in [-0.05, 0) is 89.9 Å². The van der Waals surface area contributed by atoms with E-state index < -0.39 is 36.9 Å². The van der Waals surface area contributed by atoms with E-state index in [4.69, 9.17) is 0 Å². The lowest BCUT2D eigenvalue weighted by Gasteiger charge is -2.27. The highest BCUT2D eigenvalue weighted by Gasteiger charge is 2.28. The molecule has 73 heavy (non-hydrogen) atoms. The van der Waals surface area contributed by atoms with Crippen molar-refractivity contribution < 1.29 is 25.2 Å². The molecule has 430 valence electrons. The minimum Gasteiger partial charge on any atom is -0.394 e. The maximum atomic E-state index is 12.6. The fraction of sp³-hybridized carbons (Fsp3) is 0.866. The maximum Gasteiger partial charge on any atom is 0.249 e. The minimum absolute atomic E-state index is 0.359. The van der Waals surface area contributed by atoms with Crippen molar-refractivity contribution in [3.63, 3.8) is 0 Å². The molecule has 0 saturated carbocycles. The van der Waals surface area contributed by atoms with E-state index in [2.05, 4.69) is 67.8 Å². The lowest BCUT2D eigenvalue weighted by Crippen LogP contribution is -2.53. The number of nitrogens with one attached hydrogen (secondary N) is 1. The molecule has 0 aliphatic heterocycles. The molecule has 0 spiro atoms. The van der Waals surface area contributed by atoms with Gasteiger partial charge in [-0.25, -0.2) is 0 Å². The van der Waals surface area contributed by atoms with E-state index in [-0.39, 0.29) is 0 Å². The summed E-state index contributed by atoms with van der Waals surface area (Å²) in [6.45, 7) is 4.08. The number of amides is 1. The van der Waals surface area contributed by atoms with E-state index in [1.807, 2.05) is 0 Å². The van der Waals surface area contributed by atoms with Gasteiger partial charge in [0.25, 0.3) is 0 Å². The SMILES string of the molecule is CCCCCCCCCCCCCC/C=C\CCCCCCCCCCCCCCCCC(O)C(=O)NC(CO)C(O)C(O)CCC/C=C/CC/C=C/CC/C=C/CCCCCCCCCCCCCCCC. The Balaban J connectivity index is 3.64. The summed E-state index contributed by atoms with van der Waals surface area (Å²) in [7, 11) is 0. The van der Waals surface area contributed by atoms with Gasteiger partial charge in [-0.2, -0.15) is 0 Å². The van der Waals surface area contributed by atoms with Crippen LogP contribution < -0.4 is 5.32 Å². The van der Waals surface area contributed by atoms with Gasteiger partial charge in [0.05, 0.1) is 18.8 Å². The monoisotopic (exact) mass is 1030 g/mol. The fourth-order valence-corrected chi connectivity index (χ4v) is 10.1. The molecule has 4 atom stereocenters. The lowest BCUT2D eigenvalue weighted by atomic mass is 10.00. The summed E-state index contributed by atoms with van der Waals surface area (Å²) >= 11 is 0. The molecule has 5 N–H and O–H groups in total. The van der Waals surface area contributed by atoms with E-state index in [0.717, 1.165) is 51.4 Å². The number of carbonyl (C=O) groups is 1. The van der Waals surface area contributed by atoms with Crippen molar-refractivity contribution in [3.05, 3.63) is 48.6 Å². The van der Waals surface area contributed by atoms with E-state index in [1.165, 1.54) is 257 Å². The lowest BCUT2D eigenvalue weighted by molar-refractivity contribution is -0.132. The third kappa shape index (κ3) is 54.9. The molecule has 0 fully saturated rings. The van der Waals surface area contributed by atoms with Gasteiger partial charge in [0.2, 0.25) is 5.91 Å². The number of hydrogen-bond acceptors (Lipinski definition) is 5. The number of unbranched alkanes of at least 4 members (excludes halogenated alkanes) is 43. The van der Waals surface area contributed by atoms with Crippen LogP contribution in [0.1, 0.15) is 341 Å². The van der Waals surface area contributed by atoms with Gasteiger partial charge in [-0.3, -0.25) is 4.79 Å². The highest BCUT2D eigenvalue weighted by Crippen LogP contribution is 2.18. The normalized spacial score (nSPS) is 13.9. The van der Waals surface area contributed by atoms with Gasteiger partial charge < -0.3 is 25.7 Å². The maximum absolute atomic E-state index is 12.6. The molecule has 0 aromatic rings. The van der Waals surface area contributed by atoms with Gasteiger partial charge in [0.15, 0.2) is 0 Å². The Morgan fingerprint density at radius 1 is 0.329 bits per heavy atom. The molecule has 6 heteroatoms. The predicted octanol–water partition coefficient (Wildman–Crippen LogP) is 19.7. The first-order valence-electron chi connectivity index (χ1n) is 32.5. The number of aliphatic hydroxyl groups is 4. The highest BCUT2D eigenvalue weighted by molar-refractivity contribution is 5.80. The number of rotatable bonds is 60. The van der Waals surface area contributed by atoms with Crippen LogP contribution in [-0.2, 0) is 4.79 Å². The molecular weight excluding hydrogens is 899 g/mol. The zero-order valence-corrected chi connectivity index (χ0v) is 48.9. The summed E-state index contributed by atoms with van der Waals surface area (Å²) in [5, 5.41) is 44.1. The quantitative estimate of drug-likeness (QED) is 0.0308. The Morgan fingerprint density at radius 2 is 0.575 bits per heavy atom. The Labute approximate surface area is 455 Å². The number of allylic oxidation sites excluding steroid dienone is 8. The second-order valence-corrected chi connectivity index (χ2v) is 22.4. The second-order valence-electron chi connectivity index (χ2n) is 22.4. The van der Waals surface area contributed by atoms with Gasteiger partial charge in [0.1, 0.15) is 12.2 Å².